The van der Waals surface area contributed by atoms with Gasteiger partial charge in [-0.25, -0.2) is 9.59 Å². The summed E-state index contributed by atoms with van der Waals surface area (Å²) < 4.78 is 6.22. The minimum atomic E-state index is -0.699. The van der Waals surface area contributed by atoms with Crippen molar-refractivity contribution in [3.05, 3.63) is 35.0 Å². The number of hydrogen-bond donors (Lipinski definition) is 3. The summed E-state index contributed by atoms with van der Waals surface area (Å²) in [5.41, 5.74) is 2.46. The van der Waals surface area contributed by atoms with Crippen molar-refractivity contribution in [2.24, 2.45) is 0 Å². The predicted octanol–water partition coefficient (Wildman–Crippen LogP) is 4.14. The number of methoxy groups -OCH3 is 1. The summed E-state index contributed by atoms with van der Waals surface area (Å²) >= 11 is 6.50. The van der Waals surface area contributed by atoms with Gasteiger partial charge in [-0.2, -0.15) is 5.10 Å². The number of fused-ring (bicyclic) bond motifs is 1. The fourth-order valence-electron chi connectivity index (χ4n) is 3.16. The van der Waals surface area contributed by atoms with Crippen molar-refractivity contribution < 1.29 is 14.3 Å². The first-order valence-corrected chi connectivity index (χ1v) is 10.4. The number of benzene rings is 1. The minimum absolute atomic E-state index is 0.206. The largest absolute Gasteiger partial charge is 0.467 e. The van der Waals surface area contributed by atoms with Gasteiger partial charge in [-0.1, -0.05) is 57.8 Å². The van der Waals surface area contributed by atoms with Crippen molar-refractivity contribution in [1.82, 2.24) is 25.1 Å². The van der Waals surface area contributed by atoms with Gasteiger partial charge >= 0.3 is 12.0 Å². The third-order valence-electron chi connectivity index (χ3n) is 4.71. The van der Waals surface area contributed by atoms with Crippen molar-refractivity contribution in [2.45, 2.75) is 52.0 Å². The molecule has 0 radical (unpaired) electrons. The summed E-state index contributed by atoms with van der Waals surface area (Å²) in [6, 6.07) is 5.97. The number of H-pyrrole nitrogens is 1. The lowest BCUT2D eigenvalue weighted by molar-refractivity contribution is -0.143. The van der Waals surface area contributed by atoms with E-state index in [9.17, 15) is 9.59 Å². The normalized spacial score (nSPS) is 12.6. The van der Waals surface area contributed by atoms with Crippen LogP contribution in [-0.2, 0) is 14.9 Å². The molecule has 3 rings (SSSR count). The lowest BCUT2D eigenvalue weighted by atomic mass is 9.92. The molecule has 10 heteroatoms. The van der Waals surface area contributed by atoms with E-state index in [1.54, 1.807) is 18.2 Å². The zero-order valence-corrected chi connectivity index (χ0v) is 19.0. The summed E-state index contributed by atoms with van der Waals surface area (Å²) in [5, 5.41) is 14.9. The molecule has 0 aliphatic carbocycles. The third-order valence-corrected chi connectivity index (χ3v) is 5.07. The Labute approximate surface area is 185 Å². The summed E-state index contributed by atoms with van der Waals surface area (Å²) in [6.07, 6.45) is 1.22. The Bertz CT molecular complexity index is 1100. The lowest BCUT2D eigenvalue weighted by Crippen LogP contribution is -2.43. The number of rotatable bonds is 6. The van der Waals surface area contributed by atoms with Crippen molar-refractivity contribution in [3.8, 4) is 11.4 Å². The number of nitrogens with one attached hydrogen (secondary N) is 3. The zero-order valence-electron chi connectivity index (χ0n) is 18.2. The van der Waals surface area contributed by atoms with E-state index in [1.807, 2.05) is 33.8 Å². The average molecular weight is 447 g/mol. The Kier molecular flexibility index (Phi) is 6.54. The molecule has 2 amide bonds. The van der Waals surface area contributed by atoms with Crippen LogP contribution in [0.4, 0.5) is 10.5 Å². The molecule has 9 nitrogen and oxygen atoms in total. The molecule has 0 saturated carbocycles. The molecule has 31 heavy (non-hydrogen) atoms. The molecule has 0 aliphatic rings. The van der Waals surface area contributed by atoms with Gasteiger partial charge in [-0.05, 0) is 18.6 Å². The Morgan fingerprint density at radius 1 is 1.29 bits per heavy atom. The van der Waals surface area contributed by atoms with Crippen LogP contribution in [-0.4, -0.2) is 45.0 Å². The summed E-state index contributed by atoms with van der Waals surface area (Å²) in [4.78, 5) is 27.4. The number of aromatic amines is 1. The van der Waals surface area contributed by atoms with E-state index < -0.39 is 18.0 Å². The lowest BCUT2D eigenvalue weighted by Gasteiger charge is -2.16. The van der Waals surface area contributed by atoms with Crippen LogP contribution < -0.4 is 10.6 Å². The molecule has 1 unspecified atom stereocenters. The first-order chi connectivity index (χ1) is 14.6. The van der Waals surface area contributed by atoms with Crippen LogP contribution in [0.2, 0.25) is 5.02 Å². The maximum atomic E-state index is 12.4. The molecule has 0 bridgehead atoms. The molecule has 1 atom stereocenters. The fourth-order valence-corrected chi connectivity index (χ4v) is 3.60. The molecular formula is C21H27ClN6O3. The van der Waals surface area contributed by atoms with E-state index in [4.69, 9.17) is 16.3 Å². The van der Waals surface area contributed by atoms with Gasteiger partial charge in [-0.15, -0.1) is 9.73 Å². The Hall–Kier alpha value is -3.07. The van der Waals surface area contributed by atoms with Crippen LogP contribution in [0.25, 0.3) is 17.0 Å². The molecule has 0 spiro atoms. The molecule has 3 aromatic rings. The van der Waals surface area contributed by atoms with E-state index in [2.05, 4.69) is 25.8 Å². The van der Waals surface area contributed by atoms with Crippen LogP contribution in [0.3, 0.4) is 0 Å². The number of aromatic nitrogens is 4. The highest BCUT2D eigenvalue weighted by molar-refractivity contribution is 6.34. The van der Waals surface area contributed by atoms with Crippen molar-refractivity contribution in [3.63, 3.8) is 0 Å². The SMILES string of the molecule is CCCC(NC(=O)Nc1cccc(-c2nn3nc(C(C)(C)C)c(Cl)c3[nH]2)c1)C(=O)OC. The highest BCUT2D eigenvalue weighted by atomic mass is 35.5. The Morgan fingerprint density at radius 3 is 2.65 bits per heavy atom. The molecule has 3 N–H and O–H groups in total. The highest BCUT2D eigenvalue weighted by Gasteiger charge is 2.25. The molecule has 2 heterocycles. The minimum Gasteiger partial charge on any atom is -0.467 e. The van der Waals surface area contributed by atoms with E-state index in [0.717, 1.165) is 17.7 Å². The number of anilines is 1. The monoisotopic (exact) mass is 446 g/mol. The maximum absolute atomic E-state index is 12.4. The van der Waals surface area contributed by atoms with Crippen molar-refractivity contribution in [1.29, 1.82) is 0 Å². The average Bonchev–Trinajstić information content (AvgIpc) is 3.26. The van der Waals surface area contributed by atoms with E-state index >= 15 is 0 Å². The van der Waals surface area contributed by atoms with E-state index in [-0.39, 0.29) is 5.41 Å². The zero-order chi connectivity index (χ0) is 22.8. The highest BCUT2D eigenvalue weighted by Crippen LogP contribution is 2.32. The number of carbonyl (C=O) groups is 2. The van der Waals surface area contributed by atoms with Crippen LogP contribution in [0.1, 0.15) is 46.2 Å². The third kappa shape index (κ3) is 4.99. The second kappa shape index (κ2) is 8.97. The number of ether oxygens (including phenoxy) is 1. The van der Waals surface area contributed by atoms with Crippen LogP contribution in [0.15, 0.2) is 24.3 Å². The molecule has 0 aliphatic heterocycles. The van der Waals surface area contributed by atoms with Crippen LogP contribution >= 0.6 is 11.6 Å². The molecule has 1 aromatic carbocycles. The summed E-state index contributed by atoms with van der Waals surface area (Å²) in [7, 11) is 1.30. The molecule has 166 valence electrons. The number of nitrogens with zero attached hydrogens (tertiary/aromatic N) is 3. The number of amides is 2. The number of esters is 1. The number of halogens is 1. The number of carbonyl (C=O) groups excluding carboxylic acids is 2. The Balaban J connectivity index is 1.78. The smallest absolute Gasteiger partial charge is 0.328 e. The molecule has 2 aromatic heterocycles. The fraction of sp³-hybridized carbons (Fsp3) is 0.429. The van der Waals surface area contributed by atoms with Crippen molar-refractivity contribution in [2.75, 3.05) is 12.4 Å². The van der Waals surface area contributed by atoms with Crippen LogP contribution in [0, 0.1) is 0 Å². The second-order valence-electron chi connectivity index (χ2n) is 8.27. The van der Waals surface area contributed by atoms with Gasteiger partial charge in [0.05, 0.1) is 12.8 Å². The van der Waals surface area contributed by atoms with Gasteiger partial charge in [-0.3, -0.25) is 0 Å². The maximum Gasteiger partial charge on any atom is 0.328 e. The van der Waals surface area contributed by atoms with Gasteiger partial charge in [0, 0.05) is 16.7 Å². The Morgan fingerprint density at radius 2 is 2.03 bits per heavy atom. The molecule has 0 saturated heterocycles. The quantitative estimate of drug-likeness (QED) is 0.492. The first kappa shape index (κ1) is 22.6. The van der Waals surface area contributed by atoms with Gasteiger partial charge in [0.2, 0.25) is 0 Å². The van der Waals surface area contributed by atoms with Gasteiger partial charge < -0.3 is 20.4 Å². The van der Waals surface area contributed by atoms with Crippen molar-refractivity contribution >= 4 is 34.9 Å². The first-order valence-electron chi connectivity index (χ1n) is 10.0. The standard InChI is InChI=1S/C21H27ClN6O3/c1-6-8-14(19(29)31-5)24-20(30)23-13-10-7-9-12(11-13)17-25-18-15(22)16(21(2,3)4)26-28(18)27-17/h7,9-11,14H,6,8H2,1-5H3,(H,25,27)(H2,23,24,30). The van der Waals surface area contributed by atoms with E-state index in [0.29, 0.717) is 28.6 Å². The van der Waals surface area contributed by atoms with Gasteiger partial charge in [0.15, 0.2) is 11.5 Å². The number of hydrogen-bond acceptors (Lipinski definition) is 5. The van der Waals surface area contributed by atoms with Gasteiger partial charge in [0.25, 0.3) is 0 Å². The topological polar surface area (TPSA) is 113 Å². The second-order valence-corrected chi connectivity index (χ2v) is 8.65. The molecule has 0 fully saturated rings. The summed E-state index contributed by atoms with van der Waals surface area (Å²) in [5.74, 6) is 0.0866. The molecular weight excluding hydrogens is 420 g/mol. The van der Waals surface area contributed by atoms with Gasteiger partial charge in [0.1, 0.15) is 11.1 Å². The summed E-state index contributed by atoms with van der Waals surface area (Å²) in [6.45, 7) is 8.03. The predicted molar refractivity (Wildman–Crippen MR) is 119 cm³/mol. The number of urea groups is 1. The van der Waals surface area contributed by atoms with Crippen LogP contribution in [0.5, 0.6) is 0 Å². The van der Waals surface area contributed by atoms with E-state index in [1.165, 1.54) is 11.7 Å².